The van der Waals surface area contributed by atoms with Crippen molar-refractivity contribution in [1.82, 2.24) is 10.2 Å². The van der Waals surface area contributed by atoms with Gasteiger partial charge in [0.1, 0.15) is 17.7 Å². The van der Waals surface area contributed by atoms with Crippen molar-refractivity contribution < 1.29 is 29.0 Å². The van der Waals surface area contributed by atoms with Gasteiger partial charge in [-0.2, -0.15) is 0 Å². The fourth-order valence-electron chi connectivity index (χ4n) is 6.02. The van der Waals surface area contributed by atoms with Crippen LogP contribution >= 0.6 is 0 Å². The maximum absolute atomic E-state index is 12.9. The lowest BCUT2D eigenvalue weighted by atomic mass is 9.83. The van der Waals surface area contributed by atoms with Crippen LogP contribution in [0.1, 0.15) is 63.5 Å². The van der Waals surface area contributed by atoms with Gasteiger partial charge in [0.2, 0.25) is 0 Å². The van der Waals surface area contributed by atoms with Crippen molar-refractivity contribution in [2.75, 3.05) is 6.61 Å². The highest BCUT2D eigenvalue weighted by Crippen LogP contribution is 2.45. The Hall–Kier alpha value is -3.55. The van der Waals surface area contributed by atoms with Gasteiger partial charge in [0.05, 0.1) is 0 Å². The number of alkyl carbamates (subject to hydrolysis) is 1. The summed E-state index contributed by atoms with van der Waals surface area (Å²) in [6.45, 7) is 5.51. The van der Waals surface area contributed by atoms with Crippen molar-refractivity contribution in [3.05, 3.63) is 59.7 Å². The summed E-state index contributed by atoms with van der Waals surface area (Å²) < 4.78 is 11.2. The monoisotopic (exact) mass is 492 g/mol. The van der Waals surface area contributed by atoms with E-state index in [1.807, 2.05) is 36.4 Å². The van der Waals surface area contributed by atoms with E-state index in [0.29, 0.717) is 12.8 Å². The molecular weight excluding hydrogens is 460 g/mol. The van der Waals surface area contributed by atoms with E-state index in [2.05, 4.69) is 17.4 Å². The van der Waals surface area contributed by atoms with Crippen molar-refractivity contribution in [3.63, 3.8) is 0 Å². The molecule has 8 heteroatoms. The number of hydrogen-bond donors (Lipinski definition) is 2. The third kappa shape index (κ3) is 4.29. The van der Waals surface area contributed by atoms with Crippen LogP contribution in [0, 0.1) is 0 Å². The summed E-state index contributed by atoms with van der Waals surface area (Å²) in [7, 11) is 0. The Labute approximate surface area is 210 Å². The molecule has 190 valence electrons. The fourth-order valence-corrected chi connectivity index (χ4v) is 6.02. The van der Waals surface area contributed by atoms with Gasteiger partial charge in [-0.1, -0.05) is 48.5 Å². The van der Waals surface area contributed by atoms with Crippen LogP contribution in [0.5, 0.6) is 0 Å². The summed E-state index contributed by atoms with van der Waals surface area (Å²) in [5.74, 6) is -1.23. The van der Waals surface area contributed by atoms with Crippen LogP contribution in [0.4, 0.5) is 9.59 Å². The molecule has 3 aliphatic rings. The average molecular weight is 493 g/mol. The molecule has 2 aromatic rings. The number of carboxylic acid groups (broad SMARTS) is 1. The topological polar surface area (TPSA) is 105 Å². The SMILES string of the molecule is CC(C)(C)OC(=O)N1C2CCC1CC(NC(=O)OCC1c3ccccc3-c3ccccc31)(C(=O)O)C2. The van der Waals surface area contributed by atoms with Crippen molar-refractivity contribution in [1.29, 1.82) is 0 Å². The molecule has 2 heterocycles. The Morgan fingerprint density at radius 1 is 0.972 bits per heavy atom. The summed E-state index contributed by atoms with van der Waals surface area (Å²) in [6, 6.07) is 15.4. The van der Waals surface area contributed by atoms with Crippen LogP contribution in [-0.4, -0.2) is 58.0 Å². The number of carboxylic acids is 1. The highest BCUT2D eigenvalue weighted by Gasteiger charge is 2.55. The standard InChI is InChI=1S/C28H32N2O6/c1-27(2,3)36-26(34)30-17-12-13-18(30)15-28(14-17,24(31)32)29-25(33)35-16-23-21-10-6-4-8-19(21)20-9-5-7-11-22(20)23/h4-11,17-18,23H,12-16H2,1-3H3,(H,29,33)(H,31,32). The van der Waals surface area contributed by atoms with Crippen LogP contribution < -0.4 is 5.32 Å². The number of hydrogen-bond acceptors (Lipinski definition) is 5. The van der Waals surface area contributed by atoms with Gasteiger partial charge in [0.25, 0.3) is 0 Å². The largest absolute Gasteiger partial charge is 0.480 e. The zero-order valence-electron chi connectivity index (χ0n) is 20.8. The Kier molecular flexibility index (Phi) is 5.93. The third-order valence-corrected chi connectivity index (χ3v) is 7.49. The van der Waals surface area contributed by atoms with Crippen molar-refractivity contribution in [3.8, 4) is 11.1 Å². The number of nitrogens with zero attached hydrogens (tertiary/aromatic N) is 1. The second-order valence-corrected chi connectivity index (χ2v) is 11.0. The summed E-state index contributed by atoms with van der Waals surface area (Å²) in [4.78, 5) is 39.8. The number of aliphatic carboxylic acids is 1. The molecule has 2 fully saturated rings. The van der Waals surface area contributed by atoms with Gasteiger partial charge < -0.3 is 24.8 Å². The fraction of sp³-hybridized carbons (Fsp3) is 0.464. The first-order valence-electron chi connectivity index (χ1n) is 12.5. The van der Waals surface area contributed by atoms with E-state index in [0.717, 1.165) is 22.3 Å². The molecule has 0 radical (unpaired) electrons. The average Bonchev–Trinajstić information content (AvgIpc) is 3.28. The molecule has 0 aromatic heterocycles. The Morgan fingerprint density at radius 2 is 1.50 bits per heavy atom. The molecule has 2 aromatic carbocycles. The van der Waals surface area contributed by atoms with Crippen molar-refractivity contribution in [2.24, 2.45) is 0 Å². The number of carbonyl (C=O) groups excluding carboxylic acids is 2. The van der Waals surface area contributed by atoms with E-state index in [-0.39, 0.29) is 37.5 Å². The molecule has 0 spiro atoms. The zero-order chi connectivity index (χ0) is 25.7. The van der Waals surface area contributed by atoms with Crippen LogP contribution in [0.25, 0.3) is 11.1 Å². The van der Waals surface area contributed by atoms with E-state index in [9.17, 15) is 19.5 Å². The minimum Gasteiger partial charge on any atom is -0.480 e. The van der Waals surface area contributed by atoms with Crippen molar-refractivity contribution in [2.45, 2.75) is 75.6 Å². The molecule has 36 heavy (non-hydrogen) atoms. The quantitative estimate of drug-likeness (QED) is 0.628. The van der Waals surface area contributed by atoms with Gasteiger partial charge in [-0.25, -0.2) is 14.4 Å². The molecule has 2 atom stereocenters. The van der Waals surface area contributed by atoms with E-state index in [1.54, 1.807) is 25.7 Å². The molecule has 0 saturated carbocycles. The van der Waals surface area contributed by atoms with Gasteiger partial charge in [0.15, 0.2) is 0 Å². The van der Waals surface area contributed by atoms with E-state index < -0.39 is 29.3 Å². The third-order valence-electron chi connectivity index (χ3n) is 7.49. The number of fused-ring (bicyclic) bond motifs is 5. The van der Waals surface area contributed by atoms with Crippen molar-refractivity contribution >= 4 is 18.2 Å². The lowest BCUT2D eigenvalue weighted by Gasteiger charge is -2.44. The van der Waals surface area contributed by atoms with E-state index in [4.69, 9.17) is 9.47 Å². The molecule has 5 rings (SSSR count). The summed E-state index contributed by atoms with van der Waals surface area (Å²) in [6.07, 6.45) is 0.376. The van der Waals surface area contributed by atoms with Gasteiger partial charge >= 0.3 is 18.2 Å². The number of rotatable bonds is 4. The number of nitrogens with one attached hydrogen (secondary N) is 1. The van der Waals surface area contributed by atoms with Gasteiger partial charge in [0, 0.05) is 30.8 Å². The normalized spacial score (nSPS) is 24.6. The number of carbonyl (C=O) groups is 3. The van der Waals surface area contributed by atoms with Crippen LogP contribution in [-0.2, 0) is 14.3 Å². The molecular formula is C28H32N2O6. The molecule has 2 N–H and O–H groups in total. The van der Waals surface area contributed by atoms with Gasteiger partial charge in [-0.05, 0) is 55.9 Å². The van der Waals surface area contributed by atoms with Gasteiger partial charge in [-0.15, -0.1) is 0 Å². The number of ether oxygens (including phenoxy) is 2. The maximum atomic E-state index is 12.9. The lowest BCUT2D eigenvalue weighted by Crippen LogP contribution is -2.64. The first-order valence-corrected chi connectivity index (χ1v) is 12.5. The van der Waals surface area contributed by atoms with Crippen LogP contribution in [0.2, 0.25) is 0 Å². The minimum absolute atomic E-state index is 0.104. The number of benzene rings is 2. The Bertz CT molecular complexity index is 1140. The predicted molar refractivity (Wildman–Crippen MR) is 133 cm³/mol. The second-order valence-electron chi connectivity index (χ2n) is 11.0. The summed E-state index contributed by atoms with van der Waals surface area (Å²) >= 11 is 0. The smallest absolute Gasteiger partial charge is 0.410 e. The first-order chi connectivity index (χ1) is 17.1. The lowest BCUT2D eigenvalue weighted by molar-refractivity contribution is -0.148. The number of piperidine rings is 1. The summed E-state index contributed by atoms with van der Waals surface area (Å²) in [5.41, 5.74) is 2.28. The predicted octanol–water partition coefficient (Wildman–Crippen LogP) is 4.91. The van der Waals surface area contributed by atoms with E-state index in [1.165, 1.54) is 0 Å². The second kappa shape index (κ2) is 8.84. The van der Waals surface area contributed by atoms with Crippen LogP contribution in [0.15, 0.2) is 48.5 Å². The summed E-state index contributed by atoms with van der Waals surface area (Å²) in [5, 5.41) is 12.8. The van der Waals surface area contributed by atoms with E-state index >= 15 is 0 Å². The van der Waals surface area contributed by atoms with Gasteiger partial charge in [-0.3, -0.25) is 0 Å². The highest BCUT2D eigenvalue weighted by molar-refractivity contribution is 5.85. The Morgan fingerprint density at radius 3 is 2.00 bits per heavy atom. The zero-order valence-corrected chi connectivity index (χ0v) is 20.8. The minimum atomic E-state index is -1.49. The van der Waals surface area contributed by atoms with Crippen LogP contribution in [0.3, 0.4) is 0 Å². The molecule has 2 bridgehead atoms. The highest BCUT2D eigenvalue weighted by atomic mass is 16.6. The molecule has 2 aliphatic heterocycles. The molecule has 8 nitrogen and oxygen atoms in total. The molecule has 1 aliphatic carbocycles. The Balaban J connectivity index is 1.28. The molecule has 2 amide bonds. The first kappa shape index (κ1) is 24.2. The molecule has 2 unspecified atom stereocenters. The number of amides is 2. The molecule has 2 saturated heterocycles. The maximum Gasteiger partial charge on any atom is 0.410 e.